The standard InChI is InChI=1S/C28H33N9O/c29-15-17-1-2-19-12-23(13-20(19)11-17)33-28(38)32-22-7-5-21(6-8-22)31-16-27-30-10-9-25(35-27)34-26-14-24(36-37-26)18-3-4-18/h1-2,9-11,14,18,21-23,31H,3-8,12-13,16H2,(H2,32,33,38)(H2,30,34,35,36,37). The van der Waals surface area contributed by atoms with Gasteiger partial charge in [-0.15, -0.1) is 0 Å². The van der Waals surface area contributed by atoms with Crippen LogP contribution in [0.25, 0.3) is 0 Å². The lowest BCUT2D eigenvalue weighted by Crippen LogP contribution is -2.48. The van der Waals surface area contributed by atoms with Gasteiger partial charge in [0.05, 0.1) is 18.2 Å². The summed E-state index contributed by atoms with van der Waals surface area (Å²) >= 11 is 0. The number of anilines is 2. The molecular weight excluding hydrogens is 478 g/mol. The van der Waals surface area contributed by atoms with E-state index in [1.165, 1.54) is 24.1 Å². The summed E-state index contributed by atoms with van der Waals surface area (Å²) in [6.07, 6.45) is 9.68. The van der Waals surface area contributed by atoms with Crippen molar-refractivity contribution in [2.75, 3.05) is 5.32 Å². The highest BCUT2D eigenvalue weighted by atomic mass is 16.2. The third-order valence-corrected chi connectivity index (χ3v) is 7.79. The topological polar surface area (TPSA) is 143 Å². The van der Waals surface area contributed by atoms with E-state index in [-0.39, 0.29) is 18.1 Å². The van der Waals surface area contributed by atoms with Crippen molar-refractivity contribution in [1.29, 1.82) is 5.26 Å². The molecule has 0 aliphatic heterocycles. The number of amides is 2. The first-order chi connectivity index (χ1) is 18.6. The molecule has 10 heteroatoms. The maximum Gasteiger partial charge on any atom is 0.315 e. The molecule has 0 bridgehead atoms. The van der Waals surface area contributed by atoms with Gasteiger partial charge in [-0.25, -0.2) is 14.8 Å². The Balaban J connectivity index is 0.912. The van der Waals surface area contributed by atoms with Crippen LogP contribution in [-0.4, -0.2) is 44.3 Å². The summed E-state index contributed by atoms with van der Waals surface area (Å²) in [5, 5.41) is 29.7. The molecule has 3 aromatic rings. The van der Waals surface area contributed by atoms with E-state index in [4.69, 9.17) is 5.26 Å². The lowest BCUT2D eigenvalue weighted by atomic mass is 9.91. The van der Waals surface area contributed by atoms with Crippen molar-refractivity contribution in [3.63, 3.8) is 0 Å². The van der Waals surface area contributed by atoms with Crippen LogP contribution in [0.5, 0.6) is 0 Å². The Morgan fingerprint density at radius 2 is 1.74 bits per heavy atom. The summed E-state index contributed by atoms with van der Waals surface area (Å²) in [6.45, 7) is 0.600. The predicted octanol–water partition coefficient (Wildman–Crippen LogP) is 3.56. The molecule has 1 atom stereocenters. The van der Waals surface area contributed by atoms with Crippen LogP contribution in [-0.2, 0) is 19.4 Å². The number of nitrogens with one attached hydrogen (secondary N) is 5. The van der Waals surface area contributed by atoms with Gasteiger partial charge in [0.15, 0.2) is 5.82 Å². The third-order valence-electron chi connectivity index (χ3n) is 7.79. The summed E-state index contributed by atoms with van der Waals surface area (Å²) in [6, 6.07) is 12.4. The van der Waals surface area contributed by atoms with Crippen LogP contribution < -0.4 is 21.3 Å². The van der Waals surface area contributed by atoms with Gasteiger partial charge in [-0.2, -0.15) is 10.4 Å². The first kappa shape index (κ1) is 24.4. The van der Waals surface area contributed by atoms with E-state index in [1.807, 2.05) is 24.3 Å². The molecule has 1 aromatic carbocycles. The molecule has 2 fully saturated rings. The summed E-state index contributed by atoms with van der Waals surface area (Å²) < 4.78 is 0. The quantitative estimate of drug-likeness (QED) is 0.311. The molecule has 0 saturated heterocycles. The summed E-state index contributed by atoms with van der Waals surface area (Å²) in [4.78, 5) is 21.7. The Labute approximate surface area is 222 Å². The fraction of sp³-hybridized carbons (Fsp3) is 0.464. The molecule has 6 rings (SSSR count). The van der Waals surface area contributed by atoms with Gasteiger partial charge in [-0.1, -0.05) is 6.07 Å². The minimum Gasteiger partial charge on any atom is -0.335 e. The van der Waals surface area contributed by atoms with E-state index in [0.717, 1.165) is 61.5 Å². The molecule has 3 aliphatic rings. The second kappa shape index (κ2) is 10.8. The van der Waals surface area contributed by atoms with Gasteiger partial charge in [0.2, 0.25) is 0 Å². The van der Waals surface area contributed by atoms with Crippen LogP contribution in [0.4, 0.5) is 16.4 Å². The molecule has 2 saturated carbocycles. The van der Waals surface area contributed by atoms with Gasteiger partial charge >= 0.3 is 6.03 Å². The van der Waals surface area contributed by atoms with Crippen molar-refractivity contribution in [3.8, 4) is 6.07 Å². The van der Waals surface area contributed by atoms with Crippen molar-refractivity contribution in [3.05, 3.63) is 64.7 Å². The van der Waals surface area contributed by atoms with Crippen LogP contribution in [0, 0.1) is 11.3 Å². The Kier molecular flexibility index (Phi) is 6.92. The number of aromatic amines is 1. The molecule has 10 nitrogen and oxygen atoms in total. The number of carbonyl (C=O) groups excluding carboxylic acids is 1. The van der Waals surface area contributed by atoms with Gasteiger partial charge in [0.25, 0.3) is 0 Å². The van der Waals surface area contributed by atoms with Crippen molar-refractivity contribution in [1.82, 2.24) is 36.1 Å². The number of fused-ring (bicyclic) bond motifs is 1. The zero-order valence-corrected chi connectivity index (χ0v) is 21.3. The van der Waals surface area contributed by atoms with E-state index in [9.17, 15) is 4.79 Å². The van der Waals surface area contributed by atoms with Crippen molar-refractivity contribution in [2.45, 2.75) is 82.0 Å². The molecule has 196 valence electrons. The van der Waals surface area contributed by atoms with E-state index in [1.54, 1.807) is 6.20 Å². The second-order valence-corrected chi connectivity index (χ2v) is 10.7. The Morgan fingerprint density at radius 3 is 2.55 bits per heavy atom. The Bertz CT molecular complexity index is 1330. The lowest BCUT2D eigenvalue weighted by Gasteiger charge is -2.30. The molecule has 2 amide bonds. The molecule has 2 aromatic heterocycles. The molecule has 1 unspecified atom stereocenters. The largest absolute Gasteiger partial charge is 0.335 e. The van der Waals surface area contributed by atoms with E-state index >= 15 is 0 Å². The fourth-order valence-electron chi connectivity index (χ4n) is 5.57. The number of nitrogens with zero attached hydrogens (tertiary/aromatic N) is 4. The van der Waals surface area contributed by atoms with Crippen LogP contribution in [0.1, 0.15) is 72.7 Å². The zero-order valence-electron chi connectivity index (χ0n) is 21.3. The molecule has 2 heterocycles. The first-order valence-corrected chi connectivity index (χ1v) is 13.6. The van der Waals surface area contributed by atoms with Crippen LogP contribution in [0.15, 0.2) is 36.5 Å². The summed E-state index contributed by atoms with van der Waals surface area (Å²) in [5.74, 6) is 2.89. The van der Waals surface area contributed by atoms with Gasteiger partial charge < -0.3 is 21.3 Å². The van der Waals surface area contributed by atoms with Crippen molar-refractivity contribution >= 4 is 17.7 Å². The monoisotopic (exact) mass is 511 g/mol. The molecule has 0 spiro atoms. The van der Waals surface area contributed by atoms with Gasteiger partial charge in [-0.05, 0) is 80.7 Å². The van der Waals surface area contributed by atoms with Gasteiger partial charge in [-0.3, -0.25) is 5.10 Å². The predicted molar refractivity (Wildman–Crippen MR) is 143 cm³/mol. The average Bonchev–Trinajstić information content (AvgIpc) is 3.54. The number of hydrogen-bond donors (Lipinski definition) is 5. The van der Waals surface area contributed by atoms with Gasteiger partial charge in [0, 0.05) is 42.0 Å². The second-order valence-electron chi connectivity index (χ2n) is 10.7. The number of aromatic nitrogens is 4. The van der Waals surface area contributed by atoms with E-state index < -0.39 is 0 Å². The third kappa shape index (κ3) is 5.94. The number of nitriles is 1. The minimum atomic E-state index is -0.0985. The number of carbonyl (C=O) groups is 1. The zero-order chi connectivity index (χ0) is 25.9. The maximum atomic E-state index is 12.6. The number of H-pyrrole nitrogens is 1. The summed E-state index contributed by atoms with van der Waals surface area (Å²) in [5.41, 5.74) is 4.24. The van der Waals surface area contributed by atoms with Crippen LogP contribution in [0.3, 0.4) is 0 Å². The van der Waals surface area contributed by atoms with Crippen molar-refractivity contribution < 1.29 is 4.79 Å². The molecule has 0 radical (unpaired) electrons. The Morgan fingerprint density at radius 1 is 0.947 bits per heavy atom. The normalized spacial score (nSPS) is 22.3. The van der Waals surface area contributed by atoms with Gasteiger partial charge in [0.1, 0.15) is 11.6 Å². The molecule has 38 heavy (non-hydrogen) atoms. The molecular formula is C28H33N9O. The highest BCUT2D eigenvalue weighted by molar-refractivity contribution is 5.74. The van der Waals surface area contributed by atoms with Crippen LogP contribution in [0.2, 0.25) is 0 Å². The number of urea groups is 1. The Hall–Kier alpha value is -3.97. The highest BCUT2D eigenvalue weighted by Gasteiger charge is 2.27. The molecule has 5 N–H and O–H groups in total. The van der Waals surface area contributed by atoms with E-state index in [0.29, 0.717) is 24.1 Å². The highest BCUT2D eigenvalue weighted by Crippen LogP contribution is 2.39. The SMILES string of the molecule is N#Cc1ccc2c(c1)CC(NC(=O)NC1CCC(NCc3nccc(Nc4cc(C5CC5)[nH]n4)n3)CC1)C2. The first-order valence-electron chi connectivity index (χ1n) is 13.6. The lowest BCUT2D eigenvalue weighted by molar-refractivity contribution is 0.225. The average molecular weight is 512 g/mol. The van der Waals surface area contributed by atoms with Crippen molar-refractivity contribution in [2.24, 2.45) is 0 Å². The summed E-state index contributed by atoms with van der Waals surface area (Å²) in [7, 11) is 0. The number of rotatable bonds is 8. The maximum absolute atomic E-state index is 12.6. The minimum absolute atomic E-state index is 0.0791. The van der Waals surface area contributed by atoms with E-state index in [2.05, 4.69) is 53.6 Å². The molecule has 3 aliphatic carbocycles. The number of benzene rings is 1. The fourth-order valence-corrected chi connectivity index (χ4v) is 5.57. The van der Waals surface area contributed by atoms with Crippen LogP contribution >= 0.6 is 0 Å². The number of hydrogen-bond acceptors (Lipinski definition) is 7. The smallest absolute Gasteiger partial charge is 0.315 e.